The van der Waals surface area contributed by atoms with Crippen molar-refractivity contribution in [1.82, 2.24) is 9.88 Å². The molecule has 1 aliphatic rings. The Balaban J connectivity index is 1.52. The van der Waals surface area contributed by atoms with Crippen molar-refractivity contribution < 1.29 is 13.9 Å². The van der Waals surface area contributed by atoms with E-state index in [4.69, 9.17) is 9.15 Å². The predicted molar refractivity (Wildman–Crippen MR) is 99.1 cm³/mol. The van der Waals surface area contributed by atoms with E-state index in [-0.39, 0.29) is 11.8 Å². The van der Waals surface area contributed by atoms with Gasteiger partial charge in [0.15, 0.2) is 0 Å². The topological polar surface area (TPSA) is 55.6 Å². The molecule has 0 N–H and O–H groups in total. The maximum atomic E-state index is 12.9. The highest BCUT2D eigenvalue weighted by molar-refractivity contribution is 5.92. The van der Waals surface area contributed by atoms with E-state index in [1.54, 1.807) is 12.3 Å². The molecule has 1 fully saturated rings. The summed E-state index contributed by atoms with van der Waals surface area (Å²) in [6, 6.07) is 13.7. The molecule has 1 aromatic carbocycles. The molecule has 0 spiro atoms. The zero-order valence-electron chi connectivity index (χ0n) is 14.9. The van der Waals surface area contributed by atoms with Crippen LogP contribution in [-0.2, 0) is 11.2 Å². The molecular formula is C21H22N2O3. The van der Waals surface area contributed by atoms with Crippen LogP contribution >= 0.6 is 0 Å². The van der Waals surface area contributed by atoms with Gasteiger partial charge in [0.25, 0.3) is 5.91 Å². The lowest BCUT2D eigenvalue weighted by Gasteiger charge is -2.23. The molecule has 26 heavy (non-hydrogen) atoms. The van der Waals surface area contributed by atoms with E-state index in [1.165, 1.54) is 5.56 Å². The van der Waals surface area contributed by atoms with Crippen molar-refractivity contribution in [3.63, 3.8) is 0 Å². The molecule has 0 aliphatic carbocycles. The molecule has 3 heterocycles. The molecular weight excluding hydrogens is 328 g/mol. The van der Waals surface area contributed by atoms with E-state index >= 15 is 0 Å². The van der Waals surface area contributed by atoms with Crippen LogP contribution < -0.4 is 0 Å². The Labute approximate surface area is 152 Å². The van der Waals surface area contributed by atoms with Gasteiger partial charge >= 0.3 is 0 Å². The molecule has 1 atom stereocenters. The fraction of sp³-hybridized carbons (Fsp3) is 0.333. The van der Waals surface area contributed by atoms with Gasteiger partial charge in [0, 0.05) is 30.1 Å². The summed E-state index contributed by atoms with van der Waals surface area (Å²) >= 11 is 0. The number of hydrogen-bond acceptors (Lipinski definition) is 4. The van der Waals surface area contributed by atoms with Gasteiger partial charge in [-0.15, -0.1) is 0 Å². The van der Waals surface area contributed by atoms with Crippen LogP contribution in [-0.4, -0.2) is 42.1 Å². The van der Waals surface area contributed by atoms with Crippen molar-refractivity contribution in [2.75, 3.05) is 26.3 Å². The van der Waals surface area contributed by atoms with Crippen molar-refractivity contribution in [3.8, 4) is 0 Å². The zero-order chi connectivity index (χ0) is 17.9. The van der Waals surface area contributed by atoms with Gasteiger partial charge in [-0.2, -0.15) is 0 Å². The summed E-state index contributed by atoms with van der Waals surface area (Å²) in [4.78, 5) is 19.1. The number of fused-ring (bicyclic) bond motifs is 1. The van der Waals surface area contributed by atoms with Gasteiger partial charge in [-0.1, -0.05) is 18.2 Å². The molecule has 1 amide bonds. The molecule has 1 unspecified atom stereocenters. The number of nitrogens with zero attached hydrogens (tertiary/aromatic N) is 2. The molecule has 0 radical (unpaired) electrons. The van der Waals surface area contributed by atoms with Crippen LogP contribution in [0.2, 0.25) is 0 Å². The third kappa shape index (κ3) is 3.48. The molecule has 1 saturated heterocycles. The number of carbonyl (C=O) groups is 1. The third-order valence-electron chi connectivity index (χ3n) is 4.83. The first kappa shape index (κ1) is 16.8. The second kappa shape index (κ2) is 7.30. The van der Waals surface area contributed by atoms with Crippen molar-refractivity contribution in [2.45, 2.75) is 13.3 Å². The number of rotatable bonds is 3. The van der Waals surface area contributed by atoms with E-state index in [2.05, 4.69) is 11.1 Å². The molecule has 134 valence electrons. The van der Waals surface area contributed by atoms with Crippen molar-refractivity contribution >= 4 is 16.9 Å². The molecule has 0 bridgehead atoms. The molecule has 2 aromatic heterocycles. The summed E-state index contributed by atoms with van der Waals surface area (Å²) in [5.41, 5.74) is 3.48. The maximum Gasteiger partial charge on any atom is 0.272 e. The number of benzene rings is 1. The van der Waals surface area contributed by atoms with Crippen LogP contribution in [0.1, 0.15) is 21.7 Å². The van der Waals surface area contributed by atoms with Gasteiger partial charge in [-0.05, 0) is 43.2 Å². The van der Waals surface area contributed by atoms with E-state index in [0.717, 1.165) is 23.1 Å². The largest absolute Gasteiger partial charge is 0.464 e. The molecule has 3 aromatic rings. The van der Waals surface area contributed by atoms with Crippen LogP contribution in [0, 0.1) is 12.8 Å². The first-order chi connectivity index (χ1) is 12.7. The summed E-state index contributed by atoms with van der Waals surface area (Å²) in [6.07, 6.45) is 2.57. The summed E-state index contributed by atoms with van der Waals surface area (Å²) in [5, 5.41) is 1.13. The van der Waals surface area contributed by atoms with Crippen molar-refractivity contribution in [1.29, 1.82) is 0 Å². The lowest BCUT2D eigenvalue weighted by Crippen LogP contribution is -2.37. The minimum absolute atomic E-state index is 0.0225. The summed E-state index contributed by atoms with van der Waals surface area (Å²) < 4.78 is 11.3. The van der Waals surface area contributed by atoms with E-state index in [9.17, 15) is 4.79 Å². The number of carbonyl (C=O) groups excluding carboxylic acids is 1. The highest BCUT2D eigenvalue weighted by Crippen LogP contribution is 2.24. The van der Waals surface area contributed by atoms with Gasteiger partial charge in [0.05, 0.1) is 19.5 Å². The highest BCUT2D eigenvalue weighted by Gasteiger charge is 2.25. The Bertz CT molecular complexity index is 918. The fourth-order valence-corrected chi connectivity index (χ4v) is 3.56. The monoisotopic (exact) mass is 350 g/mol. The first-order valence-corrected chi connectivity index (χ1v) is 8.96. The highest BCUT2D eigenvalue weighted by atomic mass is 16.5. The van der Waals surface area contributed by atoms with E-state index in [0.29, 0.717) is 32.0 Å². The van der Waals surface area contributed by atoms with Gasteiger partial charge in [-0.3, -0.25) is 4.79 Å². The average molecular weight is 350 g/mol. The molecule has 0 saturated carbocycles. The van der Waals surface area contributed by atoms with Crippen LogP contribution in [0.5, 0.6) is 0 Å². The standard InChI is InChI=1S/C21H22N2O3/c1-15-4-2-6-19(22-15)21(24)23-9-11-25-14-16(13-23)12-17-5-3-7-20-18(17)8-10-26-20/h2-8,10,16H,9,11-14H2,1H3. The minimum Gasteiger partial charge on any atom is -0.464 e. The number of aryl methyl sites for hydroxylation is 1. The van der Waals surface area contributed by atoms with Crippen molar-refractivity contribution in [2.24, 2.45) is 5.92 Å². The number of pyridine rings is 1. The minimum atomic E-state index is -0.0225. The molecule has 5 nitrogen and oxygen atoms in total. The van der Waals surface area contributed by atoms with Crippen molar-refractivity contribution in [3.05, 3.63) is 65.7 Å². The lowest BCUT2D eigenvalue weighted by atomic mass is 9.97. The Morgan fingerprint density at radius 3 is 3.00 bits per heavy atom. The van der Waals surface area contributed by atoms with Gasteiger partial charge in [-0.25, -0.2) is 4.98 Å². The lowest BCUT2D eigenvalue weighted by molar-refractivity contribution is 0.0731. The Morgan fingerprint density at radius 1 is 1.23 bits per heavy atom. The normalized spacial score (nSPS) is 18.0. The number of hydrogen-bond donors (Lipinski definition) is 0. The predicted octanol–water partition coefficient (Wildman–Crippen LogP) is 3.47. The third-order valence-corrected chi connectivity index (χ3v) is 4.83. The summed E-state index contributed by atoms with van der Waals surface area (Å²) in [5.74, 6) is 0.220. The van der Waals surface area contributed by atoms with E-state index < -0.39 is 0 Å². The number of ether oxygens (including phenoxy) is 1. The SMILES string of the molecule is Cc1cccc(C(=O)N2CCOCC(Cc3cccc4occc34)C2)n1. The van der Waals surface area contributed by atoms with Gasteiger partial charge in [0.1, 0.15) is 11.3 Å². The second-order valence-corrected chi connectivity index (χ2v) is 6.81. The number of amides is 1. The van der Waals surface area contributed by atoms with Crippen LogP contribution in [0.3, 0.4) is 0 Å². The average Bonchev–Trinajstić information content (AvgIpc) is 3.01. The van der Waals surface area contributed by atoms with E-state index in [1.807, 2.05) is 42.2 Å². The molecule has 1 aliphatic heterocycles. The maximum absolute atomic E-state index is 12.9. The Morgan fingerprint density at radius 2 is 2.12 bits per heavy atom. The molecule has 5 heteroatoms. The molecule has 4 rings (SSSR count). The Hall–Kier alpha value is -2.66. The van der Waals surface area contributed by atoms with Crippen LogP contribution in [0.4, 0.5) is 0 Å². The number of aromatic nitrogens is 1. The zero-order valence-corrected chi connectivity index (χ0v) is 14.9. The summed E-state index contributed by atoms with van der Waals surface area (Å²) in [6.45, 7) is 4.38. The summed E-state index contributed by atoms with van der Waals surface area (Å²) in [7, 11) is 0. The van der Waals surface area contributed by atoms with Gasteiger partial charge < -0.3 is 14.1 Å². The second-order valence-electron chi connectivity index (χ2n) is 6.81. The smallest absolute Gasteiger partial charge is 0.272 e. The fourth-order valence-electron chi connectivity index (χ4n) is 3.56. The quantitative estimate of drug-likeness (QED) is 0.726. The Kier molecular flexibility index (Phi) is 4.71. The van der Waals surface area contributed by atoms with Gasteiger partial charge in [0.2, 0.25) is 0 Å². The van der Waals surface area contributed by atoms with Crippen LogP contribution in [0.25, 0.3) is 11.0 Å². The van der Waals surface area contributed by atoms with Crippen LogP contribution in [0.15, 0.2) is 53.1 Å². The number of furan rings is 1. The first-order valence-electron chi connectivity index (χ1n) is 8.96.